The fourth-order valence-corrected chi connectivity index (χ4v) is 2.66. The highest BCUT2D eigenvalue weighted by Crippen LogP contribution is 2.18. The van der Waals surface area contributed by atoms with E-state index in [0.29, 0.717) is 6.54 Å². The molecule has 110 valence electrons. The number of hydrogen-bond donors (Lipinski definition) is 1. The van der Waals surface area contributed by atoms with Crippen LogP contribution in [0.1, 0.15) is 12.5 Å². The minimum Gasteiger partial charge on any atom is -0.481 e. The van der Waals surface area contributed by atoms with E-state index in [1.807, 2.05) is 18.2 Å². The second-order valence-corrected chi connectivity index (χ2v) is 5.81. The quantitative estimate of drug-likeness (QED) is 0.904. The van der Waals surface area contributed by atoms with Crippen molar-refractivity contribution in [3.8, 4) is 0 Å². The topological polar surface area (TPSA) is 43.8 Å². The van der Waals surface area contributed by atoms with Gasteiger partial charge in [-0.2, -0.15) is 0 Å². The van der Waals surface area contributed by atoms with Crippen LogP contribution in [-0.4, -0.2) is 53.6 Å². The Morgan fingerprint density at radius 2 is 1.85 bits per heavy atom. The van der Waals surface area contributed by atoms with Gasteiger partial charge in [0, 0.05) is 44.3 Å². The number of carbonyl (C=O) groups is 1. The lowest BCUT2D eigenvalue weighted by molar-refractivity contribution is -0.141. The maximum Gasteiger partial charge on any atom is 0.307 e. The minimum absolute atomic E-state index is 0.301. The molecule has 1 aromatic carbocycles. The summed E-state index contributed by atoms with van der Waals surface area (Å²) in [7, 11) is 0. The van der Waals surface area contributed by atoms with Gasteiger partial charge in [0.1, 0.15) is 0 Å². The van der Waals surface area contributed by atoms with Gasteiger partial charge in [-0.25, -0.2) is 0 Å². The van der Waals surface area contributed by atoms with Crippen molar-refractivity contribution in [1.29, 1.82) is 0 Å². The molecule has 20 heavy (non-hydrogen) atoms. The largest absolute Gasteiger partial charge is 0.481 e. The van der Waals surface area contributed by atoms with Crippen molar-refractivity contribution in [3.63, 3.8) is 0 Å². The molecule has 1 aliphatic heterocycles. The first kappa shape index (κ1) is 15.3. The number of rotatable bonds is 5. The summed E-state index contributed by atoms with van der Waals surface area (Å²) in [5.41, 5.74) is 1.15. The molecule has 0 spiro atoms. The zero-order valence-corrected chi connectivity index (χ0v) is 12.5. The zero-order valence-electron chi connectivity index (χ0n) is 11.8. The smallest absolute Gasteiger partial charge is 0.307 e. The summed E-state index contributed by atoms with van der Waals surface area (Å²) in [6.45, 7) is 7.01. The molecule has 1 aliphatic rings. The Bertz CT molecular complexity index is 459. The van der Waals surface area contributed by atoms with Crippen molar-refractivity contribution in [2.24, 2.45) is 5.92 Å². The molecule has 0 radical (unpaired) electrons. The van der Waals surface area contributed by atoms with Gasteiger partial charge in [0.05, 0.1) is 5.92 Å². The fourth-order valence-electron chi connectivity index (χ4n) is 2.46. The second kappa shape index (κ2) is 7.07. The highest BCUT2D eigenvalue weighted by atomic mass is 35.5. The molecule has 0 bridgehead atoms. The Morgan fingerprint density at radius 3 is 2.45 bits per heavy atom. The summed E-state index contributed by atoms with van der Waals surface area (Å²) in [4.78, 5) is 15.5. The molecule has 0 aromatic heterocycles. The molecule has 1 fully saturated rings. The van der Waals surface area contributed by atoms with Crippen LogP contribution in [0.25, 0.3) is 0 Å². The number of nitrogens with zero attached hydrogens (tertiary/aromatic N) is 2. The molecule has 1 aromatic rings. The molecule has 4 nitrogen and oxygen atoms in total. The van der Waals surface area contributed by atoms with E-state index in [-0.39, 0.29) is 5.92 Å². The average Bonchev–Trinajstić information content (AvgIpc) is 2.43. The molecule has 2 rings (SSSR count). The Labute approximate surface area is 124 Å². The van der Waals surface area contributed by atoms with Gasteiger partial charge < -0.3 is 5.11 Å². The molecule has 1 saturated heterocycles. The van der Waals surface area contributed by atoms with Crippen LogP contribution in [0, 0.1) is 5.92 Å². The van der Waals surface area contributed by atoms with Crippen molar-refractivity contribution in [2.45, 2.75) is 13.5 Å². The SMILES string of the molecule is CC(CN1CCN(Cc2ccccc2Cl)CC1)C(=O)O. The van der Waals surface area contributed by atoms with Crippen LogP contribution in [0.2, 0.25) is 5.02 Å². The predicted octanol–water partition coefficient (Wildman–Crippen LogP) is 2.18. The lowest BCUT2D eigenvalue weighted by Gasteiger charge is -2.35. The van der Waals surface area contributed by atoms with Crippen LogP contribution in [0.4, 0.5) is 0 Å². The van der Waals surface area contributed by atoms with E-state index in [0.717, 1.165) is 43.3 Å². The molecule has 5 heteroatoms. The van der Waals surface area contributed by atoms with E-state index in [2.05, 4.69) is 15.9 Å². The number of benzene rings is 1. The molecule has 0 saturated carbocycles. The van der Waals surface area contributed by atoms with E-state index in [1.165, 1.54) is 0 Å². The van der Waals surface area contributed by atoms with Crippen LogP contribution in [0.5, 0.6) is 0 Å². The van der Waals surface area contributed by atoms with Gasteiger partial charge in [-0.15, -0.1) is 0 Å². The number of aliphatic carboxylic acids is 1. The van der Waals surface area contributed by atoms with Crippen LogP contribution >= 0.6 is 11.6 Å². The average molecular weight is 297 g/mol. The van der Waals surface area contributed by atoms with Crippen molar-refractivity contribution < 1.29 is 9.90 Å². The lowest BCUT2D eigenvalue weighted by atomic mass is 10.1. The van der Waals surface area contributed by atoms with Crippen molar-refractivity contribution in [3.05, 3.63) is 34.9 Å². The lowest BCUT2D eigenvalue weighted by Crippen LogP contribution is -2.47. The molecule has 1 atom stereocenters. The number of carboxylic acid groups (broad SMARTS) is 1. The molecule has 1 heterocycles. The molecule has 0 aliphatic carbocycles. The van der Waals surface area contributed by atoms with E-state index >= 15 is 0 Å². The van der Waals surface area contributed by atoms with Gasteiger partial charge in [-0.3, -0.25) is 14.6 Å². The number of halogens is 1. The van der Waals surface area contributed by atoms with E-state index < -0.39 is 5.97 Å². The van der Waals surface area contributed by atoms with Gasteiger partial charge >= 0.3 is 5.97 Å². The maximum atomic E-state index is 10.9. The predicted molar refractivity (Wildman–Crippen MR) is 80.0 cm³/mol. The number of carboxylic acids is 1. The molecular formula is C15H21ClN2O2. The first-order chi connectivity index (χ1) is 9.56. The standard InChI is InChI=1S/C15H21ClN2O2/c1-12(15(19)20)10-17-6-8-18(9-7-17)11-13-4-2-3-5-14(13)16/h2-5,12H,6-11H2,1H3,(H,19,20). The van der Waals surface area contributed by atoms with Gasteiger partial charge in [0.25, 0.3) is 0 Å². The third-order valence-electron chi connectivity index (χ3n) is 3.77. The van der Waals surface area contributed by atoms with Crippen LogP contribution in [0.15, 0.2) is 24.3 Å². The summed E-state index contributed by atoms with van der Waals surface area (Å²) >= 11 is 6.17. The second-order valence-electron chi connectivity index (χ2n) is 5.41. The van der Waals surface area contributed by atoms with Crippen molar-refractivity contribution in [2.75, 3.05) is 32.7 Å². The summed E-state index contributed by atoms with van der Waals surface area (Å²) < 4.78 is 0. The van der Waals surface area contributed by atoms with Crippen LogP contribution in [0.3, 0.4) is 0 Å². The Balaban J connectivity index is 1.80. The fraction of sp³-hybridized carbons (Fsp3) is 0.533. The monoisotopic (exact) mass is 296 g/mol. The third-order valence-corrected chi connectivity index (χ3v) is 4.14. The summed E-state index contributed by atoms with van der Waals surface area (Å²) in [6.07, 6.45) is 0. The zero-order chi connectivity index (χ0) is 14.5. The van der Waals surface area contributed by atoms with Crippen LogP contribution < -0.4 is 0 Å². The van der Waals surface area contributed by atoms with E-state index in [1.54, 1.807) is 6.92 Å². The van der Waals surface area contributed by atoms with Crippen molar-refractivity contribution in [1.82, 2.24) is 9.80 Å². The van der Waals surface area contributed by atoms with Crippen molar-refractivity contribution >= 4 is 17.6 Å². The first-order valence-electron chi connectivity index (χ1n) is 6.97. The number of piperazine rings is 1. The van der Waals surface area contributed by atoms with Gasteiger partial charge in [0.2, 0.25) is 0 Å². The molecule has 0 amide bonds. The normalized spacial score (nSPS) is 18.9. The maximum absolute atomic E-state index is 10.9. The van der Waals surface area contributed by atoms with E-state index in [4.69, 9.17) is 16.7 Å². The molecular weight excluding hydrogens is 276 g/mol. The Morgan fingerprint density at radius 1 is 1.25 bits per heavy atom. The third kappa shape index (κ3) is 4.20. The van der Waals surface area contributed by atoms with Crippen LogP contribution in [-0.2, 0) is 11.3 Å². The highest BCUT2D eigenvalue weighted by Gasteiger charge is 2.21. The highest BCUT2D eigenvalue weighted by molar-refractivity contribution is 6.31. The minimum atomic E-state index is -0.719. The number of hydrogen-bond acceptors (Lipinski definition) is 3. The summed E-state index contributed by atoms with van der Waals surface area (Å²) in [5.74, 6) is -1.02. The Kier molecular flexibility index (Phi) is 5.40. The Hall–Kier alpha value is -1.10. The summed E-state index contributed by atoms with van der Waals surface area (Å²) in [6, 6.07) is 7.92. The molecule has 1 unspecified atom stereocenters. The first-order valence-corrected chi connectivity index (χ1v) is 7.35. The summed E-state index contributed by atoms with van der Waals surface area (Å²) in [5, 5.41) is 9.75. The van der Waals surface area contributed by atoms with E-state index in [9.17, 15) is 4.79 Å². The molecule has 1 N–H and O–H groups in total. The van der Waals surface area contributed by atoms with Gasteiger partial charge in [0.15, 0.2) is 0 Å². The van der Waals surface area contributed by atoms with Gasteiger partial charge in [-0.1, -0.05) is 36.7 Å². The van der Waals surface area contributed by atoms with Gasteiger partial charge in [-0.05, 0) is 11.6 Å².